The topological polar surface area (TPSA) is 105 Å². The van der Waals surface area contributed by atoms with E-state index >= 15 is 0 Å². The molecule has 0 saturated carbocycles. The molecule has 0 aliphatic rings. The van der Waals surface area contributed by atoms with Crippen molar-refractivity contribution < 1.29 is 9.59 Å². The maximum absolute atomic E-state index is 12.0. The summed E-state index contributed by atoms with van der Waals surface area (Å²) in [6, 6.07) is -0.140. The van der Waals surface area contributed by atoms with Crippen LogP contribution >= 0.6 is 0 Å². The Hall–Kier alpha value is -1.92. The lowest BCUT2D eigenvalue weighted by Crippen LogP contribution is -2.43. The van der Waals surface area contributed by atoms with E-state index in [0.29, 0.717) is 12.2 Å². The van der Waals surface area contributed by atoms with Crippen LogP contribution in [0.25, 0.3) is 0 Å². The number of carbonyl (C=O) groups is 2. The molecule has 7 nitrogen and oxygen atoms in total. The van der Waals surface area contributed by atoms with Gasteiger partial charge in [0.1, 0.15) is 5.82 Å². The molecule has 0 aromatic carbocycles. The summed E-state index contributed by atoms with van der Waals surface area (Å²) in [4.78, 5) is 28.3. The van der Waals surface area contributed by atoms with Gasteiger partial charge >= 0.3 is 0 Å². The molecule has 0 saturated heterocycles. The van der Waals surface area contributed by atoms with Crippen molar-refractivity contribution >= 4 is 11.8 Å². The number of nitrogens with zero attached hydrogens (tertiary/aromatic N) is 3. The lowest BCUT2D eigenvalue weighted by molar-refractivity contribution is -0.119. The Morgan fingerprint density at radius 1 is 1.47 bits per heavy atom. The third-order valence-corrected chi connectivity index (χ3v) is 2.27. The summed E-state index contributed by atoms with van der Waals surface area (Å²) >= 11 is 0. The predicted octanol–water partition coefficient (Wildman–Crippen LogP) is -0.297. The highest BCUT2D eigenvalue weighted by Crippen LogP contribution is 2.04. The maximum Gasteiger partial charge on any atom is 0.294 e. The Morgan fingerprint density at radius 2 is 2.12 bits per heavy atom. The van der Waals surface area contributed by atoms with Crippen molar-refractivity contribution in [1.29, 1.82) is 0 Å². The number of aryl methyl sites for hydroxylation is 1. The third-order valence-electron chi connectivity index (χ3n) is 2.27. The SMILES string of the molecule is CCc1nc(C(=O)N(CC(N)=O)C(C)C)n[nH]1. The van der Waals surface area contributed by atoms with Crippen LogP contribution in [0, 0.1) is 0 Å². The third kappa shape index (κ3) is 3.27. The van der Waals surface area contributed by atoms with E-state index in [-0.39, 0.29) is 18.4 Å². The second-order valence-electron chi connectivity index (χ2n) is 3.95. The number of primary amides is 1. The van der Waals surface area contributed by atoms with Gasteiger partial charge in [0.05, 0.1) is 6.54 Å². The van der Waals surface area contributed by atoms with Gasteiger partial charge in [0, 0.05) is 12.5 Å². The quantitative estimate of drug-likeness (QED) is 0.736. The first-order chi connectivity index (χ1) is 7.95. The number of aromatic amines is 1. The number of hydrogen-bond acceptors (Lipinski definition) is 4. The average molecular weight is 239 g/mol. The summed E-state index contributed by atoms with van der Waals surface area (Å²) in [7, 11) is 0. The first-order valence-electron chi connectivity index (χ1n) is 5.46. The van der Waals surface area contributed by atoms with Crippen LogP contribution in [0.3, 0.4) is 0 Å². The normalized spacial score (nSPS) is 10.6. The number of nitrogens with one attached hydrogen (secondary N) is 1. The molecular formula is C10H17N5O2. The molecule has 0 atom stereocenters. The smallest absolute Gasteiger partial charge is 0.294 e. The van der Waals surface area contributed by atoms with E-state index in [2.05, 4.69) is 15.2 Å². The van der Waals surface area contributed by atoms with Gasteiger partial charge in [0.25, 0.3) is 5.91 Å². The lowest BCUT2D eigenvalue weighted by atomic mass is 10.3. The molecule has 1 aromatic heterocycles. The first kappa shape index (κ1) is 13.1. The minimum Gasteiger partial charge on any atom is -0.368 e. The highest BCUT2D eigenvalue weighted by molar-refractivity contribution is 5.93. The molecule has 0 aliphatic carbocycles. The fourth-order valence-electron chi connectivity index (χ4n) is 1.33. The Bertz CT molecular complexity index is 413. The Labute approximate surface area is 99.4 Å². The predicted molar refractivity (Wildman–Crippen MR) is 61.1 cm³/mol. The van der Waals surface area contributed by atoms with E-state index in [1.54, 1.807) is 13.8 Å². The number of aromatic nitrogens is 3. The maximum atomic E-state index is 12.0. The van der Waals surface area contributed by atoms with Gasteiger partial charge in [-0.05, 0) is 13.8 Å². The molecule has 0 spiro atoms. The fourth-order valence-corrected chi connectivity index (χ4v) is 1.33. The molecule has 17 heavy (non-hydrogen) atoms. The van der Waals surface area contributed by atoms with Crippen LogP contribution in [0.15, 0.2) is 0 Å². The summed E-state index contributed by atoms with van der Waals surface area (Å²) in [5.41, 5.74) is 5.10. The van der Waals surface area contributed by atoms with Crippen molar-refractivity contribution in [3.05, 3.63) is 11.6 Å². The van der Waals surface area contributed by atoms with Crippen LogP contribution < -0.4 is 5.73 Å². The minimum absolute atomic E-state index is 0.0665. The Balaban J connectivity index is 2.87. The number of amides is 2. The molecule has 0 fully saturated rings. The molecule has 1 aromatic rings. The average Bonchev–Trinajstić information content (AvgIpc) is 2.72. The molecule has 3 N–H and O–H groups in total. The first-order valence-corrected chi connectivity index (χ1v) is 5.46. The van der Waals surface area contributed by atoms with E-state index in [9.17, 15) is 9.59 Å². The van der Waals surface area contributed by atoms with Crippen LogP contribution in [0.1, 0.15) is 37.2 Å². The van der Waals surface area contributed by atoms with Gasteiger partial charge in [-0.2, -0.15) is 0 Å². The van der Waals surface area contributed by atoms with Gasteiger partial charge in [-0.25, -0.2) is 4.98 Å². The van der Waals surface area contributed by atoms with Crippen molar-refractivity contribution in [2.45, 2.75) is 33.2 Å². The zero-order valence-electron chi connectivity index (χ0n) is 10.2. The molecule has 2 amide bonds. The van der Waals surface area contributed by atoms with Crippen molar-refractivity contribution in [2.24, 2.45) is 5.73 Å². The van der Waals surface area contributed by atoms with Crippen LogP contribution in [0.2, 0.25) is 0 Å². The highest BCUT2D eigenvalue weighted by atomic mass is 16.2. The second kappa shape index (κ2) is 5.42. The van der Waals surface area contributed by atoms with E-state index < -0.39 is 11.8 Å². The molecule has 0 unspecified atom stereocenters. The fraction of sp³-hybridized carbons (Fsp3) is 0.600. The van der Waals surface area contributed by atoms with Gasteiger partial charge in [0.15, 0.2) is 0 Å². The van der Waals surface area contributed by atoms with Gasteiger partial charge in [0.2, 0.25) is 11.7 Å². The van der Waals surface area contributed by atoms with Crippen molar-refractivity contribution in [1.82, 2.24) is 20.1 Å². The summed E-state index contributed by atoms with van der Waals surface area (Å²) in [6.45, 7) is 5.37. The summed E-state index contributed by atoms with van der Waals surface area (Å²) in [5.74, 6) is -0.249. The standard InChI is InChI=1S/C10H17N5O2/c1-4-8-12-9(14-13-8)10(17)15(6(2)3)5-7(11)16/h6H,4-5H2,1-3H3,(H2,11,16)(H,12,13,14). The molecule has 94 valence electrons. The van der Waals surface area contributed by atoms with Gasteiger partial charge in [-0.3, -0.25) is 14.7 Å². The zero-order chi connectivity index (χ0) is 13.0. The van der Waals surface area contributed by atoms with Crippen molar-refractivity contribution in [2.75, 3.05) is 6.54 Å². The Morgan fingerprint density at radius 3 is 2.53 bits per heavy atom. The van der Waals surface area contributed by atoms with Crippen molar-refractivity contribution in [3.63, 3.8) is 0 Å². The highest BCUT2D eigenvalue weighted by Gasteiger charge is 2.23. The van der Waals surface area contributed by atoms with Gasteiger partial charge in [-0.1, -0.05) is 6.92 Å². The van der Waals surface area contributed by atoms with Crippen LogP contribution in [0.5, 0.6) is 0 Å². The summed E-state index contributed by atoms with van der Waals surface area (Å²) in [5, 5.41) is 6.48. The van der Waals surface area contributed by atoms with E-state index in [0.717, 1.165) is 0 Å². The van der Waals surface area contributed by atoms with E-state index in [1.807, 2.05) is 6.92 Å². The molecular weight excluding hydrogens is 222 g/mol. The molecule has 0 radical (unpaired) electrons. The molecule has 7 heteroatoms. The number of rotatable bonds is 5. The monoisotopic (exact) mass is 239 g/mol. The Kier molecular flexibility index (Phi) is 4.19. The van der Waals surface area contributed by atoms with E-state index in [4.69, 9.17) is 5.73 Å². The lowest BCUT2D eigenvalue weighted by Gasteiger charge is -2.23. The minimum atomic E-state index is -0.557. The number of nitrogens with two attached hydrogens (primary N) is 1. The van der Waals surface area contributed by atoms with Crippen LogP contribution in [-0.4, -0.2) is 44.5 Å². The van der Waals surface area contributed by atoms with Gasteiger partial charge in [-0.15, -0.1) is 5.10 Å². The van der Waals surface area contributed by atoms with Crippen LogP contribution in [0.4, 0.5) is 0 Å². The molecule has 0 aliphatic heterocycles. The van der Waals surface area contributed by atoms with Gasteiger partial charge < -0.3 is 10.6 Å². The van der Waals surface area contributed by atoms with Crippen LogP contribution in [-0.2, 0) is 11.2 Å². The molecule has 1 rings (SSSR count). The van der Waals surface area contributed by atoms with E-state index in [1.165, 1.54) is 4.90 Å². The largest absolute Gasteiger partial charge is 0.368 e. The number of hydrogen-bond donors (Lipinski definition) is 2. The number of H-pyrrole nitrogens is 1. The number of carbonyl (C=O) groups excluding carboxylic acids is 2. The summed E-state index contributed by atoms with van der Waals surface area (Å²) in [6.07, 6.45) is 0.664. The second-order valence-corrected chi connectivity index (χ2v) is 3.95. The molecule has 0 bridgehead atoms. The summed E-state index contributed by atoms with van der Waals surface area (Å²) < 4.78 is 0. The molecule has 1 heterocycles. The van der Waals surface area contributed by atoms with Crippen molar-refractivity contribution in [3.8, 4) is 0 Å². The zero-order valence-corrected chi connectivity index (χ0v) is 10.2.